The van der Waals surface area contributed by atoms with Gasteiger partial charge < -0.3 is 0 Å². The molecule has 0 aliphatic heterocycles. The SMILES string of the molecule is C[Si](C)(C)[CH]=[Zr]. The molecule has 0 aromatic heterocycles. The summed E-state index contributed by atoms with van der Waals surface area (Å²) in [7, 11) is -0.716. The topological polar surface area (TPSA) is 0 Å². The molecular formula is C4H10SiZr. The number of rotatable bonds is 1. The Labute approximate surface area is 55.3 Å². The van der Waals surface area contributed by atoms with Crippen LogP contribution in [0.15, 0.2) is 0 Å². The molecule has 0 aliphatic carbocycles. The van der Waals surface area contributed by atoms with Gasteiger partial charge in [0.15, 0.2) is 0 Å². The van der Waals surface area contributed by atoms with Crippen LogP contribution in [0.5, 0.6) is 0 Å². The zero-order valence-electron chi connectivity index (χ0n) is 4.58. The molecule has 0 N–H and O–H groups in total. The Bertz CT molecular complexity index is 53.1. The maximum absolute atomic E-state index is 2.42. The normalized spacial score (nSPS) is 11.0. The van der Waals surface area contributed by atoms with Gasteiger partial charge in [-0.1, -0.05) is 0 Å². The molecule has 0 nitrogen and oxygen atoms in total. The van der Waals surface area contributed by atoms with Crippen LogP contribution < -0.4 is 0 Å². The van der Waals surface area contributed by atoms with Gasteiger partial charge in [-0.15, -0.1) is 0 Å². The molecule has 0 bridgehead atoms. The fraction of sp³-hybridized carbons (Fsp3) is 0.750. The predicted molar refractivity (Wildman–Crippen MR) is 29.4 cm³/mol. The van der Waals surface area contributed by atoms with Crippen LogP contribution in [0.25, 0.3) is 0 Å². The summed E-state index contributed by atoms with van der Waals surface area (Å²) >= 11 is 1.59. The van der Waals surface area contributed by atoms with E-state index in [4.69, 9.17) is 0 Å². The van der Waals surface area contributed by atoms with E-state index in [9.17, 15) is 0 Å². The second-order valence-electron chi connectivity index (χ2n) is 2.51. The van der Waals surface area contributed by atoms with Gasteiger partial charge in [-0.25, -0.2) is 0 Å². The van der Waals surface area contributed by atoms with Crippen LogP contribution in [0.3, 0.4) is 0 Å². The summed E-state index contributed by atoms with van der Waals surface area (Å²) in [5, 5.41) is 0. The van der Waals surface area contributed by atoms with Gasteiger partial charge in [0, 0.05) is 0 Å². The standard InChI is InChI=1S/C4H10Si.Zr/c1-5(2,3)4;/h1H,2-4H3;. The summed E-state index contributed by atoms with van der Waals surface area (Å²) in [6, 6.07) is 0. The van der Waals surface area contributed by atoms with Crippen LogP contribution in [-0.2, 0) is 24.2 Å². The number of hydrogen-bond donors (Lipinski definition) is 0. The maximum atomic E-state index is 2.42. The molecule has 0 radical (unpaired) electrons. The third-order valence-electron chi connectivity index (χ3n) is 0.433. The molecule has 0 heterocycles. The van der Waals surface area contributed by atoms with Crippen molar-refractivity contribution in [2.45, 2.75) is 19.6 Å². The Morgan fingerprint density at radius 2 is 1.50 bits per heavy atom. The first-order chi connectivity index (χ1) is 2.56. The van der Waals surface area contributed by atoms with E-state index >= 15 is 0 Å². The van der Waals surface area contributed by atoms with Gasteiger partial charge in [0.25, 0.3) is 0 Å². The van der Waals surface area contributed by atoms with Gasteiger partial charge in [-0.3, -0.25) is 0 Å². The molecule has 0 unspecified atom stereocenters. The first kappa shape index (κ1) is 6.97. The molecule has 0 amide bonds. The first-order valence-electron chi connectivity index (χ1n) is 2.08. The van der Waals surface area contributed by atoms with E-state index in [0.717, 1.165) is 0 Å². The Morgan fingerprint density at radius 1 is 1.33 bits per heavy atom. The van der Waals surface area contributed by atoms with Gasteiger partial charge in [0.05, 0.1) is 0 Å². The molecule has 0 atom stereocenters. The van der Waals surface area contributed by atoms with E-state index in [2.05, 4.69) is 23.0 Å². The van der Waals surface area contributed by atoms with Crippen molar-refractivity contribution in [1.82, 2.24) is 0 Å². The molecule has 0 saturated heterocycles. The van der Waals surface area contributed by atoms with Crippen molar-refractivity contribution >= 4 is 11.4 Å². The Balaban J connectivity index is 3.45. The quantitative estimate of drug-likeness (QED) is 0.528. The van der Waals surface area contributed by atoms with E-state index in [0.29, 0.717) is 0 Å². The molecule has 0 rings (SSSR count). The van der Waals surface area contributed by atoms with Gasteiger partial charge in [0.2, 0.25) is 0 Å². The van der Waals surface area contributed by atoms with E-state index in [1.807, 2.05) is 0 Å². The molecule has 0 saturated carbocycles. The summed E-state index contributed by atoms with van der Waals surface area (Å²) in [6.07, 6.45) is 0. The molecule has 0 aliphatic rings. The fourth-order valence-corrected chi connectivity index (χ4v) is 0. The molecule has 0 spiro atoms. The minimum absolute atomic E-state index is 0.716. The second-order valence-corrected chi connectivity index (χ2v) is 9.66. The average molecular weight is 177 g/mol. The van der Waals surface area contributed by atoms with Gasteiger partial charge in [0.1, 0.15) is 0 Å². The van der Waals surface area contributed by atoms with Crippen LogP contribution >= 0.6 is 0 Å². The van der Waals surface area contributed by atoms with Crippen LogP contribution in [0.4, 0.5) is 0 Å². The molecular weight excluding hydrogens is 167 g/mol. The fourth-order valence-electron chi connectivity index (χ4n) is 0. The van der Waals surface area contributed by atoms with E-state index in [1.54, 1.807) is 24.2 Å². The molecule has 0 fully saturated rings. The van der Waals surface area contributed by atoms with E-state index in [-0.39, 0.29) is 0 Å². The van der Waals surface area contributed by atoms with E-state index in [1.165, 1.54) is 0 Å². The monoisotopic (exact) mass is 176 g/mol. The van der Waals surface area contributed by atoms with E-state index < -0.39 is 8.07 Å². The van der Waals surface area contributed by atoms with Crippen LogP contribution in [0.2, 0.25) is 19.6 Å². The second kappa shape index (κ2) is 2.32. The third kappa shape index (κ3) is 4.97. The predicted octanol–water partition coefficient (Wildman–Crippen LogP) is 1.21. The van der Waals surface area contributed by atoms with Crippen LogP contribution in [-0.4, -0.2) is 11.4 Å². The van der Waals surface area contributed by atoms with Crippen molar-refractivity contribution < 1.29 is 24.2 Å². The van der Waals surface area contributed by atoms with Crippen molar-refractivity contribution in [2.75, 3.05) is 0 Å². The van der Waals surface area contributed by atoms with Crippen molar-refractivity contribution in [3.05, 3.63) is 0 Å². The summed E-state index contributed by atoms with van der Waals surface area (Å²) in [6.45, 7) is 7.05. The van der Waals surface area contributed by atoms with Crippen LogP contribution in [0.1, 0.15) is 0 Å². The van der Waals surface area contributed by atoms with Crippen molar-refractivity contribution in [3.63, 3.8) is 0 Å². The Kier molecular flexibility index (Phi) is 2.70. The van der Waals surface area contributed by atoms with Crippen LogP contribution in [0, 0.1) is 0 Å². The molecule has 0 aromatic carbocycles. The summed E-state index contributed by atoms with van der Waals surface area (Å²) in [4.78, 5) is 0. The first-order valence-corrected chi connectivity index (χ1v) is 7.07. The third-order valence-corrected chi connectivity index (χ3v) is 7.69. The Hall–Kier alpha value is 0.970. The average Bonchev–Trinajstić information content (AvgIpc) is 1.35. The summed E-state index contributed by atoms with van der Waals surface area (Å²) in [5.41, 5.74) is 0. The molecule has 0 aromatic rings. The van der Waals surface area contributed by atoms with Gasteiger partial charge in [-0.2, -0.15) is 0 Å². The number of hydrogen-bond acceptors (Lipinski definition) is 0. The van der Waals surface area contributed by atoms with Crippen molar-refractivity contribution in [1.29, 1.82) is 0 Å². The van der Waals surface area contributed by atoms with Gasteiger partial charge >= 0.3 is 55.3 Å². The summed E-state index contributed by atoms with van der Waals surface area (Å²) < 4.78 is 2.42. The zero-order chi connectivity index (χ0) is 5.21. The van der Waals surface area contributed by atoms with Crippen molar-refractivity contribution in [3.8, 4) is 0 Å². The zero-order valence-corrected chi connectivity index (χ0v) is 8.04. The summed E-state index contributed by atoms with van der Waals surface area (Å²) in [5.74, 6) is 0. The Morgan fingerprint density at radius 3 is 1.50 bits per heavy atom. The molecule has 6 heavy (non-hydrogen) atoms. The molecule has 2 heteroatoms. The van der Waals surface area contributed by atoms with Crippen molar-refractivity contribution in [2.24, 2.45) is 0 Å². The minimum atomic E-state index is -0.716. The van der Waals surface area contributed by atoms with Gasteiger partial charge in [-0.05, 0) is 0 Å². The molecule has 34 valence electrons.